The molecule has 0 bridgehead atoms. The second-order valence-electron chi connectivity index (χ2n) is 5.87. The summed E-state index contributed by atoms with van der Waals surface area (Å²) in [5.41, 5.74) is 2.93. The monoisotopic (exact) mass is 336 g/mol. The van der Waals surface area contributed by atoms with Gasteiger partial charge in [-0.2, -0.15) is 0 Å². The van der Waals surface area contributed by atoms with Gasteiger partial charge in [-0.05, 0) is 55.4 Å². The number of rotatable bonds is 5. The third-order valence-corrected chi connectivity index (χ3v) is 4.70. The van der Waals surface area contributed by atoms with Crippen LogP contribution in [0.3, 0.4) is 0 Å². The van der Waals surface area contributed by atoms with Crippen molar-refractivity contribution in [3.63, 3.8) is 0 Å². The fourth-order valence-corrected chi connectivity index (χ4v) is 3.26. The molecule has 1 saturated carbocycles. The van der Waals surface area contributed by atoms with Crippen LogP contribution in [0.15, 0.2) is 22.7 Å². The predicted octanol–water partition coefficient (Wildman–Crippen LogP) is 2.42. The maximum absolute atomic E-state index is 11.5. The molecule has 0 saturated heterocycles. The van der Waals surface area contributed by atoms with Gasteiger partial charge in [0.05, 0.1) is 0 Å². The zero-order valence-electron chi connectivity index (χ0n) is 11.6. The topological polar surface area (TPSA) is 41.1 Å². The number of aryl methyl sites for hydroxylation is 1. The second-order valence-corrected chi connectivity index (χ2v) is 6.79. The first-order valence-corrected chi connectivity index (χ1v) is 8.30. The minimum Gasteiger partial charge on any atom is -0.355 e. The van der Waals surface area contributed by atoms with Gasteiger partial charge in [0.15, 0.2) is 0 Å². The molecule has 2 aliphatic carbocycles. The lowest BCUT2D eigenvalue weighted by atomic mass is 9.88. The first-order valence-electron chi connectivity index (χ1n) is 7.51. The van der Waals surface area contributed by atoms with Crippen molar-refractivity contribution in [1.29, 1.82) is 0 Å². The maximum Gasteiger partial charge on any atom is 0.223 e. The third kappa shape index (κ3) is 3.61. The van der Waals surface area contributed by atoms with Crippen LogP contribution < -0.4 is 10.6 Å². The van der Waals surface area contributed by atoms with E-state index in [-0.39, 0.29) is 5.91 Å². The number of carbonyl (C=O) groups excluding carboxylic acids is 1. The van der Waals surface area contributed by atoms with E-state index in [4.69, 9.17) is 0 Å². The summed E-state index contributed by atoms with van der Waals surface area (Å²) < 4.78 is 1.17. The fourth-order valence-electron chi connectivity index (χ4n) is 2.85. The van der Waals surface area contributed by atoms with E-state index in [0.29, 0.717) is 12.0 Å². The molecular weight excluding hydrogens is 316 g/mol. The molecule has 3 nitrogen and oxygen atoms in total. The average molecular weight is 337 g/mol. The molecule has 1 atom stereocenters. The van der Waals surface area contributed by atoms with Crippen LogP contribution >= 0.6 is 15.9 Å². The van der Waals surface area contributed by atoms with E-state index < -0.39 is 0 Å². The van der Waals surface area contributed by atoms with E-state index in [1.165, 1.54) is 22.0 Å². The van der Waals surface area contributed by atoms with Crippen molar-refractivity contribution in [2.45, 2.75) is 38.1 Å². The Hall–Kier alpha value is -0.870. The van der Waals surface area contributed by atoms with Gasteiger partial charge < -0.3 is 10.6 Å². The van der Waals surface area contributed by atoms with Gasteiger partial charge in [0.2, 0.25) is 5.91 Å². The van der Waals surface area contributed by atoms with Crippen LogP contribution in [0.5, 0.6) is 0 Å². The first-order chi connectivity index (χ1) is 9.72. The minimum atomic E-state index is 0.241. The van der Waals surface area contributed by atoms with Gasteiger partial charge in [0.1, 0.15) is 0 Å². The Balaban J connectivity index is 1.41. The van der Waals surface area contributed by atoms with Crippen LogP contribution in [0.1, 0.15) is 30.4 Å². The Kier molecular flexibility index (Phi) is 4.41. The number of fused-ring (bicyclic) bond motifs is 1. The number of benzene rings is 1. The highest BCUT2D eigenvalue weighted by Gasteiger charge is 2.29. The molecule has 2 aliphatic rings. The average Bonchev–Trinajstić information content (AvgIpc) is 3.28. The molecular formula is C16H21BrN2O. The summed E-state index contributed by atoms with van der Waals surface area (Å²) in [6, 6.07) is 7.13. The van der Waals surface area contributed by atoms with Crippen LogP contribution in [0.2, 0.25) is 0 Å². The standard InChI is InChI=1S/C16H21BrN2O/c17-14-5-3-13-10-15(6-4-12(13)9-14)18-7-8-19-16(20)11-1-2-11/h3,5,9,11,15,18H,1-2,4,6-8,10H2,(H,19,20). The summed E-state index contributed by atoms with van der Waals surface area (Å²) in [7, 11) is 0. The molecule has 20 heavy (non-hydrogen) atoms. The van der Waals surface area contributed by atoms with E-state index in [9.17, 15) is 4.79 Å². The number of nitrogens with one attached hydrogen (secondary N) is 2. The van der Waals surface area contributed by atoms with E-state index in [2.05, 4.69) is 44.8 Å². The Morgan fingerprint density at radius 2 is 2.05 bits per heavy atom. The zero-order valence-corrected chi connectivity index (χ0v) is 13.2. The van der Waals surface area contributed by atoms with Crippen molar-refractivity contribution in [3.05, 3.63) is 33.8 Å². The maximum atomic E-state index is 11.5. The largest absolute Gasteiger partial charge is 0.355 e. The van der Waals surface area contributed by atoms with Crippen LogP contribution in [-0.2, 0) is 17.6 Å². The normalized spacial score (nSPS) is 21.4. The van der Waals surface area contributed by atoms with Crippen molar-refractivity contribution in [1.82, 2.24) is 10.6 Å². The molecule has 0 radical (unpaired) electrons. The van der Waals surface area contributed by atoms with E-state index >= 15 is 0 Å². The smallest absolute Gasteiger partial charge is 0.223 e. The molecule has 1 aromatic carbocycles. The van der Waals surface area contributed by atoms with Gasteiger partial charge in [-0.15, -0.1) is 0 Å². The summed E-state index contributed by atoms with van der Waals surface area (Å²) in [4.78, 5) is 11.5. The van der Waals surface area contributed by atoms with Gasteiger partial charge in [-0.3, -0.25) is 4.79 Å². The quantitative estimate of drug-likeness (QED) is 0.811. The molecule has 0 heterocycles. The molecule has 2 N–H and O–H groups in total. The van der Waals surface area contributed by atoms with Crippen molar-refractivity contribution < 1.29 is 4.79 Å². The minimum absolute atomic E-state index is 0.241. The molecule has 3 rings (SSSR count). The Labute approximate surface area is 128 Å². The molecule has 1 fully saturated rings. The van der Waals surface area contributed by atoms with Crippen LogP contribution in [0.25, 0.3) is 0 Å². The highest BCUT2D eigenvalue weighted by atomic mass is 79.9. The SMILES string of the molecule is O=C(NCCNC1CCc2cc(Br)ccc2C1)C1CC1. The highest BCUT2D eigenvalue weighted by Crippen LogP contribution is 2.28. The summed E-state index contributed by atoms with van der Waals surface area (Å²) in [5, 5.41) is 6.57. The van der Waals surface area contributed by atoms with Crippen LogP contribution in [0.4, 0.5) is 0 Å². The summed E-state index contributed by atoms with van der Waals surface area (Å²) in [6.45, 7) is 1.62. The Bertz CT molecular complexity index is 499. The van der Waals surface area contributed by atoms with Gasteiger partial charge in [-0.25, -0.2) is 0 Å². The third-order valence-electron chi connectivity index (χ3n) is 4.20. The van der Waals surface area contributed by atoms with Crippen LogP contribution in [0, 0.1) is 5.92 Å². The number of amides is 1. The van der Waals surface area contributed by atoms with Gasteiger partial charge in [0, 0.05) is 29.5 Å². The number of halogens is 1. The molecule has 4 heteroatoms. The van der Waals surface area contributed by atoms with E-state index in [1.54, 1.807) is 0 Å². The van der Waals surface area contributed by atoms with E-state index in [1.807, 2.05) is 0 Å². The summed E-state index contributed by atoms with van der Waals surface area (Å²) in [5.74, 6) is 0.556. The lowest BCUT2D eigenvalue weighted by Crippen LogP contribution is -2.40. The molecule has 0 aromatic heterocycles. The summed E-state index contributed by atoms with van der Waals surface area (Å²) in [6.07, 6.45) is 5.57. The lowest BCUT2D eigenvalue weighted by Gasteiger charge is -2.26. The lowest BCUT2D eigenvalue weighted by molar-refractivity contribution is -0.122. The van der Waals surface area contributed by atoms with Crippen molar-refractivity contribution in [3.8, 4) is 0 Å². The molecule has 1 unspecified atom stereocenters. The summed E-state index contributed by atoms with van der Waals surface area (Å²) >= 11 is 3.53. The molecule has 108 valence electrons. The van der Waals surface area contributed by atoms with E-state index in [0.717, 1.165) is 38.8 Å². The van der Waals surface area contributed by atoms with Crippen molar-refractivity contribution in [2.24, 2.45) is 5.92 Å². The Morgan fingerprint density at radius 3 is 2.85 bits per heavy atom. The second kappa shape index (κ2) is 6.27. The van der Waals surface area contributed by atoms with Crippen molar-refractivity contribution >= 4 is 21.8 Å². The van der Waals surface area contributed by atoms with Gasteiger partial charge in [-0.1, -0.05) is 22.0 Å². The molecule has 1 aromatic rings. The molecule has 0 aliphatic heterocycles. The Morgan fingerprint density at radius 1 is 1.20 bits per heavy atom. The first kappa shape index (κ1) is 14.1. The highest BCUT2D eigenvalue weighted by molar-refractivity contribution is 9.10. The fraction of sp³-hybridized carbons (Fsp3) is 0.562. The van der Waals surface area contributed by atoms with Crippen molar-refractivity contribution in [2.75, 3.05) is 13.1 Å². The number of hydrogen-bond acceptors (Lipinski definition) is 2. The molecule has 1 amide bonds. The predicted molar refractivity (Wildman–Crippen MR) is 83.7 cm³/mol. The van der Waals surface area contributed by atoms with Gasteiger partial charge in [0.25, 0.3) is 0 Å². The van der Waals surface area contributed by atoms with Crippen LogP contribution in [-0.4, -0.2) is 25.0 Å². The number of carbonyl (C=O) groups is 1. The number of hydrogen-bond donors (Lipinski definition) is 2. The van der Waals surface area contributed by atoms with Gasteiger partial charge >= 0.3 is 0 Å². The zero-order chi connectivity index (χ0) is 13.9. The molecule has 0 spiro atoms.